The molecule has 2 heterocycles. The third kappa shape index (κ3) is 2.86. The molecule has 0 spiro atoms. The highest BCUT2D eigenvalue weighted by molar-refractivity contribution is 5.73. The Morgan fingerprint density at radius 3 is 2.74 bits per heavy atom. The van der Waals surface area contributed by atoms with Crippen LogP contribution in [0.15, 0.2) is 0 Å². The van der Waals surface area contributed by atoms with Crippen LogP contribution >= 0.6 is 0 Å². The summed E-state index contributed by atoms with van der Waals surface area (Å²) in [5, 5.41) is 21.5. The van der Waals surface area contributed by atoms with Gasteiger partial charge in [0, 0.05) is 6.92 Å². The minimum Gasteiger partial charge on any atom is -0.479 e. The lowest BCUT2D eigenvalue weighted by Crippen LogP contribution is -2.62. The third-order valence-corrected chi connectivity index (χ3v) is 3.18. The van der Waals surface area contributed by atoms with Gasteiger partial charge in [0.05, 0.1) is 12.6 Å². The molecule has 0 aromatic heterocycles. The molecule has 2 rings (SSSR count). The van der Waals surface area contributed by atoms with Crippen molar-refractivity contribution in [2.24, 2.45) is 0 Å². The molecule has 3 N–H and O–H groups in total. The fourth-order valence-electron chi connectivity index (χ4n) is 2.26. The SMILES string of the molecule is CC(=O)NC1C2COC(O2)C(O)C1OC(C)C(=O)O. The summed E-state index contributed by atoms with van der Waals surface area (Å²) in [4.78, 5) is 22.0. The second-order valence-electron chi connectivity index (χ2n) is 4.67. The van der Waals surface area contributed by atoms with E-state index in [4.69, 9.17) is 19.3 Å². The number of aliphatic hydroxyl groups is 1. The third-order valence-electron chi connectivity index (χ3n) is 3.18. The molecule has 1 amide bonds. The smallest absolute Gasteiger partial charge is 0.332 e. The molecular formula is C11H17NO7. The number of rotatable bonds is 4. The lowest BCUT2D eigenvalue weighted by Gasteiger charge is -2.39. The molecule has 0 aliphatic carbocycles. The van der Waals surface area contributed by atoms with Gasteiger partial charge in [-0.2, -0.15) is 0 Å². The molecule has 6 atom stereocenters. The number of nitrogens with one attached hydrogen (secondary N) is 1. The summed E-state index contributed by atoms with van der Waals surface area (Å²) in [6.45, 7) is 2.90. The average Bonchev–Trinajstić information content (AvgIpc) is 2.76. The van der Waals surface area contributed by atoms with Crippen molar-refractivity contribution >= 4 is 11.9 Å². The summed E-state index contributed by atoms with van der Waals surface area (Å²) in [6, 6.07) is -0.645. The Balaban J connectivity index is 2.14. The van der Waals surface area contributed by atoms with Crippen molar-refractivity contribution in [2.45, 2.75) is 50.6 Å². The maximum atomic E-state index is 11.2. The zero-order valence-electron chi connectivity index (χ0n) is 10.6. The van der Waals surface area contributed by atoms with E-state index in [0.29, 0.717) is 0 Å². The van der Waals surface area contributed by atoms with Crippen molar-refractivity contribution in [2.75, 3.05) is 6.61 Å². The predicted molar refractivity (Wildman–Crippen MR) is 60.2 cm³/mol. The summed E-state index contributed by atoms with van der Waals surface area (Å²) in [7, 11) is 0. The summed E-state index contributed by atoms with van der Waals surface area (Å²) in [6.07, 6.45) is -4.45. The number of amides is 1. The van der Waals surface area contributed by atoms with Gasteiger partial charge in [0.2, 0.25) is 5.91 Å². The summed E-state index contributed by atoms with van der Waals surface area (Å²) in [5.74, 6) is -1.46. The molecule has 0 saturated carbocycles. The number of hydrogen-bond acceptors (Lipinski definition) is 6. The van der Waals surface area contributed by atoms with E-state index < -0.39 is 42.7 Å². The Labute approximate surface area is 109 Å². The van der Waals surface area contributed by atoms with E-state index in [2.05, 4.69) is 5.32 Å². The normalized spacial score (nSPS) is 38.8. The van der Waals surface area contributed by atoms with Gasteiger partial charge >= 0.3 is 5.97 Å². The van der Waals surface area contributed by atoms with E-state index in [9.17, 15) is 14.7 Å². The van der Waals surface area contributed by atoms with Gasteiger partial charge in [-0.05, 0) is 6.92 Å². The molecule has 0 aromatic carbocycles. The Morgan fingerprint density at radius 2 is 2.16 bits per heavy atom. The van der Waals surface area contributed by atoms with Crippen LogP contribution in [-0.2, 0) is 23.8 Å². The number of carbonyl (C=O) groups is 2. The van der Waals surface area contributed by atoms with Gasteiger partial charge in [0.1, 0.15) is 18.3 Å². The lowest BCUT2D eigenvalue weighted by atomic mass is 9.97. The monoisotopic (exact) mass is 275 g/mol. The molecule has 19 heavy (non-hydrogen) atoms. The highest BCUT2D eigenvalue weighted by atomic mass is 16.7. The number of fused-ring (bicyclic) bond motifs is 2. The van der Waals surface area contributed by atoms with Crippen molar-refractivity contribution in [3.8, 4) is 0 Å². The number of aliphatic carboxylic acids is 1. The van der Waals surface area contributed by atoms with Crippen LogP contribution in [0.1, 0.15) is 13.8 Å². The van der Waals surface area contributed by atoms with Crippen LogP contribution in [0.25, 0.3) is 0 Å². The Kier molecular flexibility index (Phi) is 4.04. The molecule has 0 aromatic rings. The fraction of sp³-hybridized carbons (Fsp3) is 0.818. The van der Waals surface area contributed by atoms with Gasteiger partial charge in [-0.3, -0.25) is 4.79 Å². The van der Waals surface area contributed by atoms with Crippen molar-refractivity contribution in [3.63, 3.8) is 0 Å². The number of carboxylic acid groups (broad SMARTS) is 1. The number of hydrogen-bond donors (Lipinski definition) is 3. The maximum Gasteiger partial charge on any atom is 0.332 e. The second kappa shape index (κ2) is 5.41. The average molecular weight is 275 g/mol. The first-order valence-electron chi connectivity index (χ1n) is 6.00. The summed E-state index contributed by atoms with van der Waals surface area (Å²) >= 11 is 0. The van der Waals surface area contributed by atoms with E-state index in [-0.39, 0.29) is 12.5 Å². The topological polar surface area (TPSA) is 114 Å². The first-order chi connectivity index (χ1) is 8.90. The minimum absolute atomic E-state index is 0.216. The zero-order chi connectivity index (χ0) is 14.2. The predicted octanol–water partition coefficient (Wildman–Crippen LogP) is -1.53. The molecule has 6 unspecified atom stereocenters. The van der Waals surface area contributed by atoms with Crippen LogP contribution in [0.3, 0.4) is 0 Å². The first-order valence-corrected chi connectivity index (χ1v) is 6.00. The summed E-state index contributed by atoms with van der Waals surface area (Å²) < 4.78 is 15.9. The molecule has 8 heteroatoms. The van der Waals surface area contributed by atoms with E-state index in [1.54, 1.807) is 0 Å². The van der Waals surface area contributed by atoms with Crippen LogP contribution in [0.2, 0.25) is 0 Å². The number of ether oxygens (including phenoxy) is 3. The van der Waals surface area contributed by atoms with Gasteiger partial charge in [0.15, 0.2) is 12.4 Å². The maximum absolute atomic E-state index is 11.2. The fourth-order valence-corrected chi connectivity index (χ4v) is 2.26. The number of carbonyl (C=O) groups excluding carboxylic acids is 1. The molecular weight excluding hydrogens is 258 g/mol. The molecule has 2 aliphatic rings. The van der Waals surface area contributed by atoms with Crippen LogP contribution in [0.4, 0.5) is 0 Å². The number of aliphatic hydroxyl groups excluding tert-OH is 1. The second-order valence-corrected chi connectivity index (χ2v) is 4.67. The van der Waals surface area contributed by atoms with Gasteiger partial charge < -0.3 is 29.7 Å². The van der Waals surface area contributed by atoms with E-state index in [1.165, 1.54) is 13.8 Å². The number of carboxylic acids is 1. The Hall–Kier alpha value is -1.22. The quantitative estimate of drug-likeness (QED) is 0.570. The molecule has 2 aliphatic heterocycles. The van der Waals surface area contributed by atoms with E-state index >= 15 is 0 Å². The highest BCUT2D eigenvalue weighted by Crippen LogP contribution is 2.30. The van der Waals surface area contributed by atoms with Gasteiger partial charge in [-0.25, -0.2) is 4.79 Å². The van der Waals surface area contributed by atoms with Gasteiger partial charge in [-0.15, -0.1) is 0 Å². The van der Waals surface area contributed by atoms with Gasteiger partial charge in [0.25, 0.3) is 0 Å². The van der Waals surface area contributed by atoms with Crippen molar-refractivity contribution in [3.05, 3.63) is 0 Å². The van der Waals surface area contributed by atoms with Crippen LogP contribution in [0.5, 0.6) is 0 Å². The molecule has 2 saturated heterocycles. The van der Waals surface area contributed by atoms with E-state index in [0.717, 1.165) is 0 Å². The largest absolute Gasteiger partial charge is 0.479 e. The van der Waals surface area contributed by atoms with Crippen LogP contribution in [-0.4, -0.2) is 65.4 Å². The van der Waals surface area contributed by atoms with Crippen LogP contribution in [0, 0.1) is 0 Å². The van der Waals surface area contributed by atoms with E-state index in [1.807, 2.05) is 0 Å². The molecule has 0 radical (unpaired) electrons. The Morgan fingerprint density at radius 1 is 1.47 bits per heavy atom. The van der Waals surface area contributed by atoms with Crippen molar-refractivity contribution in [1.82, 2.24) is 5.32 Å². The molecule has 8 nitrogen and oxygen atoms in total. The lowest BCUT2D eigenvalue weighted by molar-refractivity contribution is -0.225. The van der Waals surface area contributed by atoms with Crippen LogP contribution < -0.4 is 5.32 Å². The summed E-state index contributed by atoms with van der Waals surface area (Å²) in [5.41, 5.74) is 0. The van der Waals surface area contributed by atoms with Gasteiger partial charge in [-0.1, -0.05) is 0 Å². The Bertz CT molecular complexity index is 374. The highest BCUT2D eigenvalue weighted by Gasteiger charge is 2.51. The van der Waals surface area contributed by atoms with Crippen molar-refractivity contribution < 1.29 is 34.0 Å². The molecule has 2 bridgehead atoms. The zero-order valence-corrected chi connectivity index (χ0v) is 10.6. The minimum atomic E-state index is -1.16. The standard InChI is InChI=1S/C11H17NO7/c1-4(10(15)16)18-9-7(12-5(2)13)6-3-17-11(19-6)8(9)14/h4,6-9,11,14H,3H2,1-2H3,(H,12,13)(H,15,16). The van der Waals surface area contributed by atoms with Crippen molar-refractivity contribution in [1.29, 1.82) is 0 Å². The molecule has 108 valence electrons. The first kappa shape index (κ1) is 14.2. The molecule has 2 fully saturated rings.